The summed E-state index contributed by atoms with van der Waals surface area (Å²) < 4.78 is 0. The summed E-state index contributed by atoms with van der Waals surface area (Å²) in [4.78, 5) is 10.3. The molecule has 0 atom stereocenters. The SMILES string of the molecule is CCN(c1cncc(Cl)n1)C(C)C. The van der Waals surface area contributed by atoms with Crippen LogP contribution in [0, 0.1) is 0 Å². The van der Waals surface area contributed by atoms with Crippen LogP contribution in [-0.4, -0.2) is 22.6 Å². The van der Waals surface area contributed by atoms with E-state index >= 15 is 0 Å². The van der Waals surface area contributed by atoms with Gasteiger partial charge < -0.3 is 4.90 Å². The van der Waals surface area contributed by atoms with Gasteiger partial charge in [0.05, 0.1) is 12.4 Å². The number of anilines is 1. The molecule has 0 aliphatic heterocycles. The van der Waals surface area contributed by atoms with Gasteiger partial charge in [0.25, 0.3) is 0 Å². The fraction of sp³-hybridized carbons (Fsp3) is 0.556. The zero-order valence-electron chi connectivity index (χ0n) is 8.16. The number of halogens is 1. The Bertz CT molecular complexity index is 275. The number of nitrogens with zero attached hydrogens (tertiary/aromatic N) is 3. The van der Waals surface area contributed by atoms with Crippen LogP contribution >= 0.6 is 11.6 Å². The standard InChI is InChI=1S/C9H14ClN3/c1-4-13(7(2)3)9-6-11-5-8(10)12-9/h5-7H,4H2,1-3H3. The van der Waals surface area contributed by atoms with E-state index in [1.54, 1.807) is 12.4 Å². The molecule has 0 saturated carbocycles. The molecule has 0 spiro atoms. The van der Waals surface area contributed by atoms with E-state index in [9.17, 15) is 0 Å². The molecule has 0 unspecified atom stereocenters. The van der Waals surface area contributed by atoms with E-state index in [1.807, 2.05) is 0 Å². The molecule has 4 heteroatoms. The summed E-state index contributed by atoms with van der Waals surface area (Å²) in [7, 11) is 0. The van der Waals surface area contributed by atoms with Crippen LogP contribution in [0.25, 0.3) is 0 Å². The van der Waals surface area contributed by atoms with Crippen LogP contribution in [0.2, 0.25) is 5.15 Å². The zero-order chi connectivity index (χ0) is 9.84. The lowest BCUT2D eigenvalue weighted by molar-refractivity contribution is 0.691. The first-order valence-corrected chi connectivity index (χ1v) is 4.77. The number of rotatable bonds is 3. The molecule has 13 heavy (non-hydrogen) atoms. The molecule has 0 saturated heterocycles. The maximum Gasteiger partial charge on any atom is 0.149 e. The van der Waals surface area contributed by atoms with Gasteiger partial charge in [-0.05, 0) is 20.8 Å². The van der Waals surface area contributed by atoms with Gasteiger partial charge in [0, 0.05) is 12.6 Å². The first kappa shape index (κ1) is 10.3. The summed E-state index contributed by atoms with van der Waals surface area (Å²) in [6, 6.07) is 0.415. The molecule has 0 aliphatic carbocycles. The summed E-state index contributed by atoms with van der Waals surface area (Å²) in [5, 5.41) is 0.441. The fourth-order valence-electron chi connectivity index (χ4n) is 1.26. The molecule has 1 aromatic rings. The second kappa shape index (κ2) is 4.42. The second-order valence-electron chi connectivity index (χ2n) is 3.08. The van der Waals surface area contributed by atoms with E-state index in [4.69, 9.17) is 11.6 Å². The van der Waals surface area contributed by atoms with Gasteiger partial charge in [0.2, 0.25) is 0 Å². The summed E-state index contributed by atoms with van der Waals surface area (Å²) in [5.74, 6) is 0.838. The van der Waals surface area contributed by atoms with Gasteiger partial charge in [-0.25, -0.2) is 4.98 Å². The lowest BCUT2D eigenvalue weighted by Gasteiger charge is -2.25. The van der Waals surface area contributed by atoms with E-state index in [1.165, 1.54) is 0 Å². The van der Waals surface area contributed by atoms with Gasteiger partial charge in [-0.15, -0.1) is 0 Å². The van der Waals surface area contributed by atoms with Gasteiger partial charge in [-0.2, -0.15) is 0 Å². The van der Waals surface area contributed by atoms with Crippen LogP contribution in [0.1, 0.15) is 20.8 Å². The van der Waals surface area contributed by atoms with E-state index in [0.717, 1.165) is 12.4 Å². The molecule has 0 aromatic carbocycles. The van der Waals surface area contributed by atoms with Gasteiger partial charge >= 0.3 is 0 Å². The number of hydrogen-bond acceptors (Lipinski definition) is 3. The molecule has 0 amide bonds. The predicted octanol–water partition coefficient (Wildman–Crippen LogP) is 2.36. The first-order chi connectivity index (χ1) is 6.15. The number of hydrogen-bond donors (Lipinski definition) is 0. The summed E-state index contributed by atoms with van der Waals surface area (Å²) in [6.07, 6.45) is 3.27. The Morgan fingerprint density at radius 1 is 1.46 bits per heavy atom. The monoisotopic (exact) mass is 199 g/mol. The van der Waals surface area contributed by atoms with Crippen LogP contribution in [0.4, 0.5) is 5.82 Å². The van der Waals surface area contributed by atoms with Crippen LogP contribution in [0.15, 0.2) is 12.4 Å². The average molecular weight is 200 g/mol. The van der Waals surface area contributed by atoms with E-state index in [0.29, 0.717) is 11.2 Å². The molecule has 1 heterocycles. The molecule has 0 radical (unpaired) electrons. The van der Waals surface area contributed by atoms with Crippen LogP contribution in [0.5, 0.6) is 0 Å². The van der Waals surface area contributed by atoms with Crippen molar-refractivity contribution in [2.75, 3.05) is 11.4 Å². The summed E-state index contributed by atoms with van der Waals surface area (Å²) in [6.45, 7) is 7.23. The summed E-state index contributed by atoms with van der Waals surface area (Å²) in [5.41, 5.74) is 0. The highest BCUT2D eigenvalue weighted by Crippen LogP contribution is 2.14. The van der Waals surface area contributed by atoms with Crippen molar-refractivity contribution in [3.8, 4) is 0 Å². The number of aromatic nitrogens is 2. The van der Waals surface area contributed by atoms with Crippen molar-refractivity contribution in [2.24, 2.45) is 0 Å². The van der Waals surface area contributed by atoms with Crippen molar-refractivity contribution in [1.29, 1.82) is 0 Å². The van der Waals surface area contributed by atoms with Crippen molar-refractivity contribution >= 4 is 17.4 Å². The van der Waals surface area contributed by atoms with Gasteiger partial charge in [-0.1, -0.05) is 11.6 Å². The Balaban J connectivity index is 2.91. The van der Waals surface area contributed by atoms with E-state index in [2.05, 4.69) is 35.6 Å². The van der Waals surface area contributed by atoms with Crippen molar-refractivity contribution in [1.82, 2.24) is 9.97 Å². The van der Waals surface area contributed by atoms with Crippen molar-refractivity contribution in [3.63, 3.8) is 0 Å². The molecule has 1 aromatic heterocycles. The molecule has 1 rings (SSSR count). The van der Waals surface area contributed by atoms with E-state index < -0.39 is 0 Å². The smallest absolute Gasteiger partial charge is 0.149 e. The molecule has 3 nitrogen and oxygen atoms in total. The quantitative estimate of drug-likeness (QED) is 0.749. The van der Waals surface area contributed by atoms with Crippen LogP contribution < -0.4 is 4.90 Å². The largest absolute Gasteiger partial charge is 0.353 e. The van der Waals surface area contributed by atoms with Crippen molar-refractivity contribution < 1.29 is 0 Å². The maximum atomic E-state index is 5.75. The lowest BCUT2D eigenvalue weighted by Crippen LogP contribution is -2.31. The van der Waals surface area contributed by atoms with Crippen LogP contribution in [-0.2, 0) is 0 Å². The first-order valence-electron chi connectivity index (χ1n) is 4.39. The minimum absolute atomic E-state index is 0.415. The molecular formula is C9H14ClN3. The average Bonchev–Trinajstić information content (AvgIpc) is 2.04. The van der Waals surface area contributed by atoms with Crippen molar-refractivity contribution in [3.05, 3.63) is 17.5 Å². The molecular weight excluding hydrogens is 186 g/mol. The Morgan fingerprint density at radius 2 is 2.15 bits per heavy atom. The Morgan fingerprint density at radius 3 is 2.62 bits per heavy atom. The molecule has 0 N–H and O–H groups in total. The highest BCUT2D eigenvalue weighted by atomic mass is 35.5. The Kier molecular flexibility index (Phi) is 3.48. The van der Waals surface area contributed by atoms with Crippen molar-refractivity contribution in [2.45, 2.75) is 26.8 Å². The fourth-order valence-corrected chi connectivity index (χ4v) is 1.41. The van der Waals surface area contributed by atoms with Gasteiger partial charge in [0.1, 0.15) is 11.0 Å². The molecule has 0 aliphatic rings. The highest BCUT2D eigenvalue weighted by Gasteiger charge is 2.09. The third-order valence-corrected chi connectivity index (χ3v) is 2.03. The Hall–Kier alpha value is -0.830. The summed E-state index contributed by atoms with van der Waals surface area (Å²) >= 11 is 5.75. The lowest BCUT2D eigenvalue weighted by atomic mass is 10.3. The normalized spacial score (nSPS) is 10.5. The minimum Gasteiger partial charge on any atom is -0.353 e. The topological polar surface area (TPSA) is 29.0 Å². The minimum atomic E-state index is 0.415. The molecule has 0 bridgehead atoms. The highest BCUT2D eigenvalue weighted by molar-refractivity contribution is 6.29. The van der Waals surface area contributed by atoms with Gasteiger partial charge in [0.15, 0.2) is 0 Å². The zero-order valence-corrected chi connectivity index (χ0v) is 8.91. The second-order valence-corrected chi connectivity index (χ2v) is 3.47. The van der Waals surface area contributed by atoms with Gasteiger partial charge in [-0.3, -0.25) is 4.98 Å². The van der Waals surface area contributed by atoms with E-state index in [-0.39, 0.29) is 0 Å². The Labute approximate surface area is 83.8 Å². The molecule has 72 valence electrons. The molecule has 0 fully saturated rings. The maximum absolute atomic E-state index is 5.75. The van der Waals surface area contributed by atoms with Crippen LogP contribution in [0.3, 0.4) is 0 Å². The predicted molar refractivity (Wildman–Crippen MR) is 55.2 cm³/mol. The third-order valence-electron chi connectivity index (χ3n) is 1.85. The third kappa shape index (κ3) is 2.56.